The average molecular weight is 200 g/mol. The summed E-state index contributed by atoms with van der Waals surface area (Å²) in [4.78, 5) is 4.34. The quantitative estimate of drug-likeness (QED) is 0.809. The Kier molecular flexibility index (Phi) is 2.69. The molecular weight excluding hydrogens is 184 g/mol. The van der Waals surface area contributed by atoms with Crippen LogP contribution >= 0.6 is 0 Å². The maximum atomic E-state index is 5.67. The SMILES string of the molecule is Cc1ccnc2ccc(C(C)CN)cc12. The smallest absolute Gasteiger partial charge is 0.0704 e. The Morgan fingerprint density at radius 2 is 2.13 bits per heavy atom. The van der Waals surface area contributed by atoms with E-state index in [1.54, 1.807) is 0 Å². The molecule has 0 aliphatic heterocycles. The first-order valence-corrected chi connectivity index (χ1v) is 5.27. The Labute approximate surface area is 90.1 Å². The van der Waals surface area contributed by atoms with Crippen molar-refractivity contribution in [3.05, 3.63) is 41.6 Å². The third-order valence-corrected chi connectivity index (χ3v) is 2.91. The summed E-state index contributed by atoms with van der Waals surface area (Å²) >= 11 is 0. The summed E-state index contributed by atoms with van der Waals surface area (Å²) in [5.41, 5.74) is 9.29. The van der Waals surface area contributed by atoms with E-state index in [0.717, 1.165) is 5.52 Å². The average Bonchev–Trinajstić information content (AvgIpc) is 2.28. The topological polar surface area (TPSA) is 38.9 Å². The van der Waals surface area contributed by atoms with Crippen LogP contribution in [0.2, 0.25) is 0 Å². The highest BCUT2D eigenvalue weighted by Crippen LogP contribution is 2.21. The first-order chi connectivity index (χ1) is 7.22. The van der Waals surface area contributed by atoms with Crippen molar-refractivity contribution in [1.29, 1.82) is 0 Å². The van der Waals surface area contributed by atoms with Crippen molar-refractivity contribution in [1.82, 2.24) is 4.98 Å². The Hall–Kier alpha value is -1.41. The molecule has 0 aliphatic rings. The van der Waals surface area contributed by atoms with Crippen molar-refractivity contribution in [2.75, 3.05) is 6.54 Å². The third kappa shape index (κ3) is 1.85. The second-order valence-electron chi connectivity index (χ2n) is 4.04. The van der Waals surface area contributed by atoms with Gasteiger partial charge in [-0.3, -0.25) is 4.98 Å². The van der Waals surface area contributed by atoms with Gasteiger partial charge in [-0.05, 0) is 48.7 Å². The number of rotatable bonds is 2. The van der Waals surface area contributed by atoms with Crippen LogP contribution < -0.4 is 5.73 Å². The van der Waals surface area contributed by atoms with E-state index >= 15 is 0 Å². The van der Waals surface area contributed by atoms with Crippen LogP contribution in [0.3, 0.4) is 0 Å². The van der Waals surface area contributed by atoms with E-state index in [-0.39, 0.29) is 0 Å². The van der Waals surface area contributed by atoms with E-state index in [2.05, 4.69) is 37.0 Å². The molecule has 0 saturated heterocycles. The first-order valence-electron chi connectivity index (χ1n) is 5.27. The lowest BCUT2D eigenvalue weighted by Gasteiger charge is -2.10. The zero-order valence-electron chi connectivity index (χ0n) is 9.20. The lowest BCUT2D eigenvalue weighted by molar-refractivity contribution is 0.775. The van der Waals surface area contributed by atoms with Crippen LogP contribution in [0.1, 0.15) is 24.0 Å². The molecule has 78 valence electrons. The van der Waals surface area contributed by atoms with E-state index in [0.29, 0.717) is 12.5 Å². The highest BCUT2D eigenvalue weighted by molar-refractivity contribution is 5.82. The fourth-order valence-electron chi connectivity index (χ4n) is 1.74. The van der Waals surface area contributed by atoms with Gasteiger partial charge >= 0.3 is 0 Å². The van der Waals surface area contributed by atoms with Crippen molar-refractivity contribution in [3.63, 3.8) is 0 Å². The molecule has 0 fully saturated rings. The van der Waals surface area contributed by atoms with E-state index in [1.165, 1.54) is 16.5 Å². The van der Waals surface area contributed by atoms with Gasteiger partial charge in [-0.25, -0.2) is 0 Å². The van der Waals surface area contributed by atoms with Crippen molar-refractivity contribution in [2.45, 2.75) is 19.8 Å². The van der Waals surface area contributed by atoms with Gasteiger partial charge in [0.2, 0.25) is 0 Å². The summed E-state index contributed by atoms with van der Waals surface area (Å²) in [5, 5.41) is 1.23. The monoisotopic (exact) mass is 200 g/mol. The number of hydrogen-bond acceptors (Lipinski definition) is 2. The van der Waals surface area contributed by atoms with E-state index in [9.17, 15) is 0 Å². The zero-order chi connectivity index (χ0) is 10.8. The molecule has 0 radical (unpaired) electrons. The Bertz CT molecular complexity index is 477. The molecule has 2 nitrogen and oxygen atoms in total. The highest BCUT2D eigenvalue weighted by Gasteiger charge is 2.05. The number of fused-ring (bicyclic) bond motifs is 1. The molecular formula is C13H16N2. The van der Waals surface area contributed by atoms with E-state index in [4.69, 9.17) is 5.73 Å². The minimum absolute atomic E-state index is 0.411. The molecule has 1 unspecified atom stereocenters. The normalized spacial score (nSPS) is 13.0. The molecule has 1 aromatic carbocycles. The van der Waals surface area contributed by atoms with E-state index in [1.807, 2.05) is 12.3 Å². The van der Waals surface area contributed by atoms with Gasteiger partial charge < -0.3 is 5.73 Å². The third-order valence-electron chi connectivity index (χ3n) is 2.91. The molecule has 1 aromatic heterocycles. The Morgan fingerprint density at radius 1 is 1.33 bits per heavy atom. The molecule has 2 aromatic rings. The molecule has 2 N–H and O–H groups in total. The van der Waals surface area contributed by atoms with Gasteiger partial charge in [0.15, 0.2) is 0 Å². The number of benzene rings is 1. The first kappa shape index (κ1) is 10.1. The van der Waals surface area contributed by atoms with Crippen molar-refractivity contribution in [3.8, 4) is 0 Å². The van der Waals surface area contributed by atoms with Crippen molar-refractivity contribution >= 4 is 10.9 Å². The van der Waals surface area contributed by atoms with Crippen LogP contribution in [-0.2, 0) is 0 Å². The second-order valence-corrected chi connectivity index (χ2v) is 4.04. The van der Waals surface area contributed by atoms with Crippen LogP contribution in [-0.4, -0.2) is 11.5 Å². The summed E-state index contributed by atoms with van der Waals surface area (Å²) in [6.07, 6.45) is 1.85. The molecule has 2 rings (SSSR count). The molecule has 0 aliphatic carbocycles. The lowest BCUT2D eigenvalue weighted by atomic mass is 9.98. The van der Waals surface area contributed by atoms with Gasteiger partial charge in [-0.1, -0.05) is 13.0 Å². The van der Waals surface area contributed by atoms with Crippen LogP contribution in [0.15, 0.2) is 30.5 Å². The lowest BCUT2D eigenvalue weighted by Crippen LogP contribution is -2.08. The number of nitrogens with zero attached hydrogens (tertiary/aromatic N) is 1. The number of pyridine rings is 1. The summed E-state index contributed by atoms with van der Waals surface area (Å²) < 4.78 is 0. The van der Waals surface area contributed by atoms with Gasteiger partial charge in [-0.2, -0.15) is 0 Å². The summed E-state index contributed by atoms with van der Waals surface area (Å²) in [5.74, 6) is 0.411. The molecule has 1 heterocycles. The van der Waals surface area contributed by atoms with Gasteiger partial charge in [0.1, 0.15) is 0 Å². The fourth-order valence-corrected chi connectivity index (χ4v) is 1.74. The molecule has 0 bridgehead atoms. The molecule has 1 atom stereocenters. The van der Waals surface area contributed by atoms with Crippen LogP contribution in [0, 0.1) is 6.92 Å². The summed E-state index contributed by atoms with van der Waals surface area (Å²) in [6.45, 7) is 4.94. The maximum Gasteiger partial charge on any atom is 0.0704 e. The minimum atomic E-state index is 0.411. The maximum absolute atomic E-state index is 5.67. The van der Waals surface area contributed by atoms with Crippen LogP contribution in [0.25, 0.3) is 10.9 Å². The molecule has 15 heavy (non-hydrogen) atoms. The number of aromatic nitrogens is 1. The van der Waals surface area contributed by atoms with Gasteiger partial charge in [-0.15, -0.1) is 0 Å². The second kappa shape index (κ2) is 3.99. The predicted molar refractivity (Wildman–Crippen MR) is 63.9 cm³/mol. The fraction of sp³-hybridized carbons (Fsp3) is 0.308. The Balaban J connectivity index is 2.59. The molecule has 0 amide bonds. The minimum Gasteiger partial charge on any atom is -0.330 e. The standard InChI is InChI=1S/C13H16N2/c1-9-5-6-15-13-4-3-11(7-12(9)13)10(2)8-14/h3-7,10H,8,14H2,1-2H3. The number of nitrogens with two attached hydrogens (primary N) is 1. The predicted octanol–water partition coefficient (Wildman–Crippen LogP) is 2.61. The van der Waals surface area contributed by atoms with Gasteiger partial charge in [0, 0.05) is 11.6 Å². The summed E-state index contributed by atoms with van der Waals surface area (Å²) in [7, 11) is 0. The van der Waals surface area contributed by atoms with Crippen LogP contribution in [0.5, 0.6) is 0 Å². The van der Waals surface area contributed by atoms with Crippen LogP contribution in [0.4, 0.5) is 0 Å². The highest BCUT2D eigenvalue weighted by atomic mass is 14.6. The molecule has 0 spiro atoms. The van der Waals surface area contributed by atoms with Gasteiger partial charge in [0.25, 0.3) is 0 Å². The largest absolute Gasteiger partial charge is 0.330 e. The number of hydrogen-bond donors (Lipinski definition) is 1. The van der Waals surface area contributed by atoms with Gasteiger partial charge in [0.05, 0.1) is 5.52 Å². The Morgan fingerprint density at radius 3 is 2.87 bits per heavy atom. The zero-order valence-corrected chi connectivity index (χ0v) is 9.20. The van der Waals surface area contributed by atoms with Crippen molar-refractivity contribution < 1.29 is 0 Å². The molecule has 2 heteroatoms. The molecule has 0 saturated carbocycles. The summed E-state index contributed by atoms with van der Waals surface area (Å²) in [6, 6.07) is 8.44. The van der Waals surface area contributed by atoms with Crippen molar-refractivity contribution in [2.24, 2.45) is 5.73 Å². The number of aryl methyl sites for hydroxylation is 1. The van der Waals surface area contributed by atoms with E-state index < -0.39 is 0 Å².